The molecule has 134 valence electrons. The van der Waals surface area contributed by atoms with Crippen LogP contribution in [0.2, 0.25) is 0 Å². The molecule has 0 aromatic heterocycles. The summed E-state index contributed by atoms with van der Waals surface area (Å²) in [6.45, 7) is 2.17. The van der Waals surface area contributed by atoms with Gasteiger partial charge in [0.15, 0.2) is 0 Å². The van der Waals surface area contributed by atoms with Gasteiger partial charge >= 0.3 is 12.2 Å². The van der Waals surface area contributed by atoms with Gasteiger partial charge in [-0.1, -0.05) is 19.1 Å². The monoisotopic (exact) mass is 344 g/mol. The third kappa shape index (κ3) is 5.40. The van der Waals surface area contributed by atoms with Crippen molar-refractivity contribution in [1.82, 2.24) is 10.6 Å². The molecule has 0 aliphatic heterocycles. The molecule has 2 amide bonds. The molecule has 2 unspecified atom stereocenters. The number of aliphatic hydroxyl groups excluding tert-OH is 1. The molecule has 1 aromatic rings. The predicted molar refractivity (Wildman–Crippen MR) is 84.4 cm³/mol. The normalized spacial score (nSPS) is 17.2. The van der Waals surface area contributed by atoms with Crippen LogP contribution in [0.3, 0.4) is 0 Å². The number of carbonyl (C=O) groups excluding carboxylic acids is 1. The van der Waals surface area contributed by atoms with Crippen LogP contribution in [0.25, 0.3) is 0 Å². The Morgan fingerprint density at radius 3 is 2.67 bits per heavy atom. The molecule has 1 aliphatic carbocycles. The Labute approximate surface area is 139 Å². The zero-order chi connectivity index (χ0) is 17.7. The van der Waals surface area contributed by atoms with Crippen molar-refractivity contribution in [2.75, 3.05) is 6.54 Å². The summed E-state index contributed by atoms with van der Waals surface area (Å²) in [5, 5.41) is 14.9. The molecular weight excluding hydrogens is 321 g/mol. The lowest BCUT2D eigenvalue weighted by molar-refractivity contribution is -0.137. The third-order valence-electron chi connectivity index (χ3n) is 4.19. The quantitative estimate of drug-likeness (QED) is 0.707. The minimum atomic E-state index is -4.40. The van der Waals surface area contributed by atoms with Gasteiger partial charge in [-0.15, -0.1) is 0 Å². The van der Waals surface area contributed by atoms with Crippen molar-refractivity contribution in [3.8, 4) is 0 Å². The molecular formula is C17H23F3N2O2. The fourth-order valence-corrected chi connectivity index (χ4v) is 2.56. The van der Waals surface area contributed by atoms with Gasteiger partial charge in [-0.2, -0.15) is 13.2 Å². The fraction of sp³-hybridized carbons (Fsp3) is 0.588. The Kier molecular flexibility index (Phi) is 6.10. The Bertz CT molecular complexity index is 559. The number of aliphatic hydroxyl groups is 1. The van der Waals surface area contributed by atoms with Crippen LogP contribution in [0.1, 0.15) is 49.8 Å². The van der Waals surface area contributed by atoms with Crippen molar-refractivity contribution in [2.45, 2.75) is 50.9 Å². The molecule has 7 heteroatoms. The molecule has 1 saturated carbocycles. The molecule has 3 N–H and O–H groups in total. The first-order valence-corrected chi connectivity index (χ1v) is 8.20. The number of nitrogens with one attached hydrogen (secondary N) is 2. The summed E-state index contributed by atoms with van der Waals surface area (Å²) < 4.78 is 38.6. The molecule has 1 aromatic carbocycles. The molecule has 2 atom stereocenters. The highest BCUT2D eigenvalue weighted by atomic mass is 19.4. The van der Waals surface area contributed by atoms with Gasteiger partial charge in [-0.05, 0) is 49.3 Å². The van der Waals surface area contributed by atoms with Gasteiger partial charge in [-0.25, -0.2) is 4.79 Å². The largest absolute Gasteiger partial charge is 0.416 e. The first kappa shape index (κ1) is 18.6. The van der Waals surface area contributed by atoms with Crippen LogP contribution in [0.15, 0.2) is 24.3 Å². The second kappa shape index (κ2) is 7.88. The summed E-state index contributed by atoms with van der Waals surface area (Å²) in [6, 6.07) is 4.25. The standard InChI is InChI=1S/C17H23F3N2O2/c1-2-14(23)8-9-21-16(24)22-15(11-6-7-11)12-4-3-5-13(10-12)17(18,19)20/h3-5,10-11,14-15,23H,2,6-9H2,1H3,(H2,21,22,24). The number of carbonyl (C=O) groups is 1. The molecule has 4 nitrogen and oxygen atoms in total. The van der Waals surface area contributed by atoms with E-state index in [0.29, 0.717) is 24.9 Å². The van der Waals surface area contributed by atoms with Crippen molar-refractivity contribution in [3.63, 3.8) is 0 Å². The highest BCUT2D eigenvalue weighted by Gasteiger charge is 2.36. The molecule has 0 bridgehead atoms. The first-order valence-electron chi connectivity index (χ1n) is 8.20. The number of benzene rings is 1. The van der Waals surface area contributed by atoms with E-state index >= 15 is 0 Å². The van der Waals surface area contributed by atoms with Gasteiger partial charge in [0, 0.05) is 6.54 Å². The van der Waals surface area contributed by atoms with E-state index in [-0.39, 0.29) is 5.92 Å². The van der Waals surface area contributed by atoms with E-state index in [1.54, 1.807) is 6.07 Å². The molecule has 24 heavy (non-hydrogen) atoms. The summed E-state index contributed by atoms with van der Waals surface area (Å²) >= 11 is 0. The van der Waals surface area contributed by atoms with Crippen molar-refractivity contribution >= 4 is 6.03 Å². The fourth-order valence-electron chi connectivity index (χ4n) is 2.56. The first-order chi connectivity index (χ1) is 11.3. The highest BCUT2D eigenvalue weighted by molar-refractivity contribution is 5.74. The smallest absolute Gasteiger partial charge is 0.393 e. The molecule has 0 heterocycles. The number of halogens is 3. The lowest BCUT2D eigenvalue weighted by atomic mass is 10.00. The van der Waals surface area contributed by atoms with Crippen molar-refractivity contribution in [1.29, 1.82) is 0 Å². The number of hydrogen-bond donors (Lipinski definition) is 3. The maximum Gasteiger partial charge on any atom is 0.416 e. The molecule has 2 rings (SSSR count). The van der Waals surface area contributed by atoms with E-state index in [9.17, 15) is 23.1 Å². The molecule has 1 fully saturated rings. The van der Waals surface area contributed by atoms with E-state index < -0.39 is 29.9 Å². The third-order valence-corrected chi connectivity index (χ3v) is 4.19. The van der Waals surface area contributed by atoms with Crippen LogP contribution < -0.4 is 10.6 Å². The summed E-state index contributed by atoms with van der Waals surface area (Å²) in [4.78, 5) is 12.0. The van der Waals surface area contributed by atoms with E-state index in [0.717, 1.165) is 25.0 Å². The van der Waals surface area contributed by atoms with Crippen molar-refractivity contribution in [3.05, 3.63) is 35.4 Å². The predicted octanol–water partition coefficient (Wildman–Crippen LogP) is 3.62. The average molecular weight is 344 g/mol. The molecule has 0 spiro atoms. The lowest BCUT2D eigenvalue weighted by Crippen LogP contribution is -2.39. The molecule has 0 saturated heterocycles. The van der Waals surface area contributed by atoms with Crippen LogP contribution >= 0.6 is 0 Å². The summed E-state index contributed by atoms with van der Waals surface area (Å²) in [6.07, 6.45) is -2.04. The van der Waals surface area contributed by atoms with Gasteiger partial charge < -0.3 is 15.7 Å². The van der Waals surface area contributed by atoms with Crippen LogP contribution in [0.4, 0.5) is 18.0 Å². The van der Waals surface area contributed by atoms with E-state index in [2.05, 4.69) is 10.6 Å². The lowest BCUT2D eigenvalue weighted by Gasteiger charge is -2.20. The zero-order valence-corrected chi connectivity index (χ0v) is 13.6. The Morgan fingerprint density at radius 2 is 2.08 bits per heavy atom. The Morgan fingerprint density at radius 1 is 1.38 bits per heavy atom. The number of alkyl halides is 3. The van der Waals surface area contributed by atoms with Crippen molar-refractivity contribution in [2.24, 2.45) is 5.92 Å². The van der Waals surface area contributed by atoms with Crippen LogP contribution in [0.5, 0.6) is 0 Å². The molecule has 0 radical (unpaired) electrons. The maximum atomic E-state index is 12.9. The second-order valence-corrected chi connectivity index (χ2v) is 6.19. The van der Waals surface area contributed by atoms with Crippen LogP contribution in [0, 0.1) is 5.92 Å². The summed E-state index contributed by atoms with van der Waals surface area (Å²) in [7, 11) is 0. The van der Waals surface area contributed by atoms with Crippen LogP contribution in [-0.4, -0.2) is 23.8 Å². The van der Waals surface area contributed by atoms with E-state index in [1.807, 2.05) is 6.92 Å². The van der Waals surface area contributed by atoms with E-state index in [4.69, 9.17) is 0 Å². The van der Waals surface area contributed by atoms with Gasteiger partial charge in [0.05, 0.1) is 17.7 Å². The number of amides is 2. The summed E-state index contributed by atoms with van der Waals surface area (Å²) in [5.74, 6) is 0.167. The van der Waals surface area contributed by atoms with Gasteiger partial charge in [-0.3, -0.25) is 0 Å². The number of rotatable bonds is 7. The van der Waals surface area contributed by atoms with E-state index in [1.165, 1.54) is 6.07 Å². The average Bonchev–Trinajstić information content (AvgIpc) is 3.36. The number of urea groups is 1. The van der Waals surface area contributed by atoms with Gasteiger partial charge in [0.2, 0.25) is 0 Å². The maximum absolute atomic E-state index is 12.9. The minimum absolute atomic E-state index is 0.167. The number of hydrogen-bond acceptors (Lipinski definition) is 2. The van der Waals surface area contributed by atoms with Crippen molar-refractivity contribution < 1.29 is 23.1 Å². The molecule has 1 aliphatic rings. The Hall–Kier alpha value is -1.76. The second-order valence-electron chi connectivity index (χ2n) is 6.19. The zero-order valence-electron chi connectivity index (χ0n) is 13.6. The minimum Gasteiger partial charge on any atom is -0.393 e. The van der Waals surface area contributed by atoms with Gasteiger partial charge in [0.1, 0.15) is 0 Å². The topological polar surface area (TPSA) is 61.4 Å². The summed E-state index contributed by atoms with van der Waals surface area (Å²) in [5.41, 5.74) is -0.241. The SMILES string of the molecule is CCC(O)CCNC(=O)NC(c1cccc(C(F)(F)F)c1)C1CC1. The highest BCUT2D eigenvalue weighted by Crippen LogP contribution is 2.42. The van der Waals surface area contributed by atoms with Crippen LogP contribution in [-0.2, 0) is 6.18 Å². The Balaban J connectivity index is 1.99. The van der Waals surface area contributed by atoms with Gasteiger partial charge in [0.25, 0.3) is 0 Å².